The van der Waals surface area contributed by atoms with Gasteiger partial charge in [-0.2, -0.15) is 0 Å². The summed E-state index contributed by atoms with van der Waals surface area (Å²) < 4.78 is 5.15. The van der Waals surface area contributed by atoms with Crippen LogP contribution in [0.2, 0.25) is 0 Å². The number of nitrogens with zero attached hydrogens (tertiary/aromatic N) is 2. The van der Waals surface area contributed by atoms with Crippen LogP contribution in [-0.4, -0.2) is 49.8 Å². The summed E-state index contributed by atoms with van der Waals surface area (Å²) in [6, 6.07) is 23.7. The van der Waals surface area contributed by atoms with E-state index in [-0.39, 0.29) is 18.2 Å². The number of hydrogen-bond acceptors (Lipinski definition) is 5. The van der Waals surface area contributed by atoms with Gasteiger partial charge in [0, 0.05) is 24.6 Å². The molecule has 1 unspecified atom stereocenters. The number of ether oxygens (including phenoxy) is 1. The van der Waals surface area contributed by atoms with Crippen LogP contribution in [0.4, 0.5) is 5.69 Å². The van der Waals surface area contributed by atoms with Crippen molar-refractivity contribution in [2.45, 2.75) is 32.0 Å². The summed E-state index contributed by atoms with van der Waals surface area (Å²) in [7, 11) is 3.26. The second kappa shape index (κ2) is 11.5. The Kier molecular flexibility index (Phi) is 7.98. The summed E-state index contributed by atoms with van der Waals surface area (Å²) in [4.78, 5) is 44.9. The number of benzodiazepines with no additional fused rings is 1. The van der Waals surface area contributed by atoms with Crippen LogP contribution in [0.1, 0.15) is 30.0 Å². The minimum absolute atomic E-state index is 0.223. The number of benzene rings is 3. The van der Waals surface area contributed by atoms with Gasteiger partial charge in [0.05, 0.1) is 18.5 Å². The van der Waals surface area contributed by atoms with E-state index in [4.69, 9.17) is 4.74 Å². The first-order chi connectivity index (χ1) is 17.9. The van der Waals surface area contributed by atoms with Crippen molar-refractivity contribution in [3.8, 4) is 5.75 Å². The van der Waals surface area contributed by atoms with Crippen molar-refractivity contribution in [3.63, 3.8) is 0 Å². The van der Waals surface area contributed by atoms with Crippen molar-refractivity contribution in [2.24, 2.45) is 4.99 Å². The Labute approximate surface area is 216 Å². The molecule has 3 aromatic rings. The van der Waals surface area contributed by atoms with Gasteiger partial charge >= 0.3 is 0 Å². The number of amides is 3. The lowest BCUT2D eigenvalue weighted by molar-refractivity contribution is -0.130. The van der Waals surface area contributed by atoms with Crippen LogP contribution < -0.4 is 20.3 Å². The molecule has 0 saturated heterocycles. The lowest BCUT2D eigenvalue weighted by atomic mass is 10.0. The van der Waals surface area contributed by atoms with Gasteiger partial charge in [-0.05, 0) is 37.1 Å². The molecule has 0 aromatic heterocycles. The monoisotopic (exact) mass is 498 g/mol. The van der Waals surface area contributed by atoms with Gasteiger partial charge < -0.3 is 20.3 Å². The maximum atomic E-state index is 13.3. The Morgan fingerprint density at radius 2 is 1.68 bits per heavy atom. The molecule has 0 radical (unpaired) electrons. The van der Waals surface area contributed by atoms with E-state index in [9.17, 15) is 14.4 Å². The van der Waals surface area contributed by atoms with Crippen LogP contribution in [-0.2, 0) is 20.8 Å². The first kappa shape index (κ1) is 25.6. The zero-order chi connectivity index (χ0) is 26.4. The van der Waals surface area contributed by atoms with E-state index in [0.29, 0.717) is 17.8 Å². The van der Waals surface area contributed by atoms with Crippen LogP contribution >= 0.6 is 0 Å². The predicted molar refractivity (Wildman–Crippen MR) is 143 cm³/mol. The molecule has 0 aliphatic carbocycles. The molecular weight excluding hydrogens is 468 g/mol. The van der Waals surface area contributed by atoms with Crippen molar-refractivity contribution in [1.29, 1.82) is 0 Å². The third-order valence-corrected chi connectivity index (χ3v) is 6.24. The van der Waals surface area contributed by atoms with Gasteiger partial charge in [-0.3, -0.25) is 14.4 Å². The Hall–Kier alpha value is -4.46. The highest BCUT2D eigenvalue weighted by Gasteiger charge is 2.32. The van der Waals surface area contributed by atoms with E-state index in [1.165, 1.54) is 4.90 Å². The van der Waals surface area contributed by atoms with Crippen LogP contribution in [0.3, 0.4) is 0 Å². The number of carbonyl (C=O) groups excluding carboxylic acids is 3. The number of aliphatic imine (C=N–C) groups is 1. The van der Waals surface area contributed by atoms with E-state index in [1.807, 2.05) is 78.9 Å². The number of anilines is 1. The second-order valence-electron chi connectivity index (χ2n) is 8.81. The molecule has 1 aliphatic rings. The summed E-state index contributed by atoms with van der Waals surface area (Å²) in [5.74, 6) is -0.376. The highest BCUT2D eigenvalue weighted by molar-refractivity contribution is 6.20. The number of likely N-dealkylation sites (N-methyl/N-ethyl adjacent to an activating group) is 1. The molecular formula is C29H30N4O4. The zero-order valence-corrected chi connectivity index (χ0v) is 21.1. The third-order valence-electron chi connectivity index (χ3n) is 6.24. The molecule has 2 atom stereocenters. The molecule has 8 nitrogen and oxygen atoms in total. The molecule has 3 aromatic carbocycles. The van der Waals surface area contributed by atoms with Crippen LogP contribution in [0.15, 0.2) is 83.9 Å². The molecule has 190 valence electrons. The Morgan fingerprint density at radius 1 is 1.00 bits per heavy atom. The fourth-order valence-electron chi connectivity index (χ4n) is 4.13. The Balaban J connectivity index is 1.45. The Morgan fingerprint density at radius 3 is 2.38 bits per heavy atom. The fraction of sp³-hybridized carbons (Fsp3) is 0.241. The Bertz CT molecular complexity index is 1300. The molecule has 0 saturated carbocycles. The summed E-state index contributed by atoms with van der Waals surface area (Å²) in [6.45, 7) is 1.59. The van der Waals surface area contributed by atoms with Crippen molar-refractivity contribution >= 4 is 29.1 Å². The van der Waals surface area contributed by atoms with Crippen LogP contribution in [0.5, 0.6) is 5.75 Å². The van der Waals surface area contributed by atoms with Gasteiger partial charge in [-0.1, -0.05) is 60.7 Å². The van der Waals surface area contributed by atoms with Gasteiger partial charge in [0.15, 0.2) is 0 Å². The number of nitrogens with one attached hydrogen (secondary N) is 2. The topological polar surface area (TPSA) is 100 Å². The average molecular weight is 499 g/mol. The first-order valence-corrected chi connectivity index (χ1v) is 12.1. The number of fused-ring (bicyclic) bond motifs is 1. The summed E-state index contributed by atoms with van der Waals surface area (Å²) in [5.41, 5.74) is 3.92. The highest BCUT2D eigenvalue weighted by atomic mass is 16.5. The van der Waals surface area contributed by atoms with E-state index in [1.54, 1.807) is 21.1 Å². The SMILES string of the molecule is COc1ccc(CCC(=O)NC(C)C(=O)N[C@H]2N=C(c3ccccc3)c3ccccc3N(C)C2=O)cc1. The largest absolute Gasteiger partial charge is 0.497 e. The number of carbonyl (C=O) groups is 3. The maximum absolute atomic E-state index is 13.3. The molecule has 3 amide bonds. The van der Waals surface area contributed by atoms with Gasteiger partial charge in [0.25, 0.3) is 5.91 Å². The number of aryl methyl sites for hydroxylation is 1. The first-order valence-electron chi connectivity index (χ1n) is 12.1. The fourth-order valence-corrected chi connectivity index (χ4v) is 4.13. The molecule has 1 heterocycles. The minimum Gasteiger partial charge on any atom is -0.497 e. The normalized spacial score (nSPS) is 15.6. The standard InChI is InChI=1S/C29H30N4O4/c1-19(30-25(34)18-15-20-13-16-22(37-3)17-14-20)28(35)32-27-29(36)33(2)24-12-8-7-11-23(24)26(31-27)21-9-5-4-6-10-21/h4-14,16-17,19,27H,15,18H2,1-3H3,(H,30,34)(H,32,35)/t19?,27-/m1/s1. The van der Waals surface area contributed by atoms with Crippen LogP contribution in [0.25, 0.3) is 0 Å². The molecule has 2 N–H and O–H groups in total. The third kappa shape index (κ3) is 6.03. The quantitative estimate of drug-likeness (QED) is 0.499. The molecule has 0 bridgehead atoms. The molecule has 0 fully saturated rings. The minimum atomic E-state index is -1.14. The number of para-hydroxylation sites is 1. The van der Waals surface area contributed by atoms with E-state index in [0.717, 1.165) is 22.4 Å². The predicted octanol–water partition coefficient (Wildman–Crippen LogP) is 3.09. The zero-order valence-electron chi connectivity index (χ0n) is 21.1. The van der Waals surface area contributed by atoms with Crippen molar-refractivity contribution in [1.82, 2.24) is 10.6 Å². The number of hydrogen-bond donors (Lipinski definition) is 2. The second-order valence-corrected chi connectivity index (χ2v) is 8.81. The lowest BCUT2D eigenvalue weighted by Gasteiger charge is -2.22. The van der Waals surface area contributed by atoms with Crippen molar-refractivity contribution in [2.75, 3.05) is 19.1 Å². The van der Waals surface area contributed by atoms with Gasteiger partial charge in [-0.15, -0.1) is 0 Å². The molecule has 0 spiro atoms. The van der Waals surface area contributed by atoms with Gasteiger partial charge in [0.1, 0.15) is 11.8 Å². The molecule has 8 heteroatoms. The number of rotatable bonds is 8. The van der Waals surface area contributed by atoms with Gasteiger partial charge in [-0.25, -0.2) is 4.99 Å². The maximum Gasteiger partial charge on any atom is 0.272 e. The highest BCUT2D eigenvalue weighted by Crippen LogP contribution is 2.27. The molecule has 1 aliphatic heterocycles. The van der Waals surface area contributed by atoms with E-state index >= 15 is 0 Å². The summed E-state index contributed by atoms with van der Waals surface area (Å²) in [6.07, 6.45) is -0.390. The van der Waals surface area contributed by atoms with E-state index in [2.05, 4.69) is 15.6 Å². The van der Waals surface area contributed by atoms with Crippen molar-refractivity contribution in [3.05, 3.63) is 95.6 Å². The van der Waals surface area contributed by atoms with E-state index < -0.39 is 18.1 Å². The van der Waals surface area contributed by atoms with Crippen molar-refractivity contribution < 1.29 is 19.1 Å². The summed E-state index contributed by atoms with van der Waals surface area (Å²) >= 11 is 0. The number of methoxy groups -OCH3 is 1. The average Bonchev–Trinajstić information content (AvgIpc) is 3.03. The lowest BCUT2D eigenvalue weighted by Crippen LogP contribution is -2.52. The molecule has 4 rings (SSSR count). The molecule has 37 heavy (non-hydrogen) atoms. The van der Waals surface area contributed by atoms with Crippen LogP contribution in [0, 0.1) is 0 Å². The van der Waals surface area contributed by atoms with Gasteiger partial charge in [0.2, 0.25) is 18.0 Å². The summed E-state index contributed by atoms with van der Waals surface area (Å²) in [5, 5.41) is 5.43. The smallest absolute Gasteiger partial charge is 0.272 e.